The number of sulfonamides is 1. The molecule has 0 aliphatic rings. The SMILES string of the molecule is Cc1c(C(=O)O)cccc1S(=O)(=O)NC(CO)CO. The first kappa shape index (κ1) is 15.6. The van der Waals surface area contributed by atoms with E-state index in [1.807, 2.05) is 0 Å². The van der Waals surface area contributed by atoms with E-state index in [0.717, 1.165) is 0 Å². The van der Waals surface area contributed by atoms with Crippen molar-refractivity contribution in [2.24, 2.45) is 0 Å². The lowest BCUT2D eigenvalue weighted by Crippen LogP contribution is -2.40. The van der Waals surface area contributed by atoms with Crippen LogP contribution in [0.3, 0.4) is 0 Å². The minimum Gasteiger partial charge on any atom is -0.478 e. The monoisotopic (exact) mass is 289 g/mol. The molecule has 0 radical (unpaired) electrons. The fraction of sp³-hybridized carbons (Fsp3) is 0.364. The van der Waals surface area contributed by atoms with Crippen LogP contribution >= 0.6 is 0 Å². The number of nitrogens with one attached hydrogen (secondary N) is 1. The van der Waals surface area contributed by atoms with Gasteiger partial charge in [0.25, 0.3) is 0 Å². The van der Waals surface area contributed by atoms with Crippen LogP contribution in [0.2, 0.25) is 0 Å². The first-order valence-electron chi connectivity index (χ1n) is 5.40. The van der Waals surface area contributed by atoms with Crippen LogP contribution in [-0.4, -0.2) is 49.0 Å². The quantitative estimate of drug-likeness (QED) is 0.550. The molecule has 1 rings (SSSR count). The van der Waals surface area contributed by atoms with Crippen molar-refractivity contribution in [3.63, 3.8) is 0 Å². The maximum absolute atomic E-state index is 12.0. The van der Waals surface area contributed by atoms with Crippen LogP contribution in [0, 0.1) is 6.92 Å². The molecule has 106 valence electrons. The number of hydrogen-bond acceptors (Lipinski definition) is 5. The Labute approximate surface area is 110 Å². The summed E-state index contributed by atoms with van der Waals surface area (Å²) in [5.74, 6) is -1.23. The van der Waals surface area contributed by atoms with E-state index in [-0.39, 0.29) is 16.0 Å². The van der Waals surface area contributed by atoms with Crippen molar-refractivity contribution in [1.29, 1.82) is 0 Å². The number of aliphatic hydroxyl groups is 2. The Hall–Kier alpha value is -1.48. The van der Waals surface area contributed by atoms with Gasteiger partial charge < -0.3 is 15.3 Å². The lowest BCUT2D eigenvalue weighted by atomic mass is 10.1. The van der Waals surface area contributed by atoms with Gasteiger partial charge in [-0.3, -0.25) is 0 Å². The Morgan fingerprint density at radius 1 is 1.32 bits per heavy atom. The summed E-state index contributed by atoms with van der Waals surface area (Å²) in [6.07, 6.45) is 0. The lowest BCUT2D eigenvalue weighted by Gasteiger charge is -2.15. The van der Waals surface area contributed by atoms with Gasteiger partial charge in [-0.05, 0) is 24.6 Å². The second-order valence-electron chi connectivity index (χ2n) is 3.92. The predicted molar refractivity (Wildman–Crippen MR) is 66.4 cm³/mol. The van der Waals surface area contributed by atoms with E-state index in [2.05, 4.69) is 4.72 Å². The molecule has 0 amide bonds. The summed E-state index contributed by atoms with van der Waals surface area (Å²) in [6, 6.07) is 2.85. The molecule has 0 atom stereocenters. The fourth-order valence-corrected chi connectivity index (χ4v) is 3.04. The van der Waals surface area contributed by atoms with Crippen molar-refractivity contribution >= 4 is 16.0 Å². The Kier molecular flexibility index (Phi) is 5.01. The zero-order valence-electron chi connectivity index (χ0n) is 10.2. The van der Waals surface area contributed by atoms with E-state index < -0.39 is 35.2 Å². The molecule has 0 aromatic heterocycles. The Morgan fingerprint density at radius 2 is 1.89 bits per heavy atom. The first-order valence-corrected chi connectivity index (χ1v) is 6.88. The van der Waals surface area contributed by atoms with Crippen molar-refractivity contribution < 1.29 is 28.5 Å². The molecule has 0 bridgehead atoms. The summed E-state index contributed by atoms with van der Waals surface area (Å²) in [5.41, 5.74) is -0.0236. The van der Waals surface area contributed by atoms with Crippen LogP contribution in [0.25, 0.3) is 0 Å². The van der Waals surface area contributed by atoms with Gasteiger partial charge in [-0.1, -0.05) is 6.07 Å². The lowest BCUT2D eigenvalue weighted by molar-refractivity contribution is 0.0695. The number of rotatable bonds is 6. The Balaban J connectivity index is 3.22. The summed E-state index contributed by atoms with van der Waals surface area (Å²) in [4.78, 5) is 10.7. The minimum atomic E-state index is -4.00. The van der Waals surface area contributed by atoms with Crippen molar-refractivity contribution in [2.45, 2.75) is 17.9 Å². The number of aromatic carboxylic acids is 1. The van der Waals surface area contributed by atoms with Crippen molar-refractivity contribution in [1.82, 2.24) is 4.72 Å². The molecule has 0 saturated carbocycles. The van der Waals surface area contributed by atoms with E-state index in [4.69, 9.17) is 15.3 Å². The molecule has 0 aliphatic carbocycles. The number of benzene rings is 1. The average molecular weight is 289 g/mol. The van der Waals surface area contributed by atoms with Crippen LogP contribution in [0.15, 0.2) is 23.1 Å². The number of hydrogen-bond donors (Lipinski definition) is 4. The second kappa shape index (κ2) is 6.11. The van der Waals surface area contributed by atoms with E-state index >= 15 is 0 Å². The molecule has 19 heavy (non-hydrogen) atoms. The topological polar surface area (TPSA) is 124 Å². The van der Waals surface area contributed by atoms with Gasteiger partial charge >= 0.3 is 5.97 Å². The van der Waals surface area contributed by atoms with Crippen molar-refractivity contribution in [3.8, 4) is 0 Å². The smallest absolute Gasteiger partial charge is 0.335 e. The number of carbonyl (C=O) groups is 1. The molecule has 4 N–H and O–H groups in total. The highest BCUT2D eigenvalue weighted by atomic mass is 32.2. The zero-order chi connectivity index (χ0) is 14.6. The Bertz CT molecular complexity index is 565. The molecular formula is C11H15NO6S. The zero-order valence-corrected chi connectivity index (χ0v) is 11.0. The molecule has 0 fully saturated rings. The maximum Gasteiger partial charge on any atom is 0.335 e. The molecule has 0 aliphatic heterocycles. The van der Waals surface area contributed by atoms with Gasteiger partial charge in [-0.25, -0.2) is 17.9 Å². The number of aliphatic hydroxyl groups excluding tert-OH is 2. The van der Waals surface area contributed by atoms with E-state index in [0.29, 0.717) is 0 Å². The van der Waals surface area contributed by atoms with Gasteiger partial charge in [0.1, 0.15) is 0 Å². The molecular weight excluding hydrogens is 274 g/mol. The van der Waals surface area contributed by atoms with Gasteiger partial charge in [-0.2, -0.15) is 0 Å². The largest absolute Gasteiger partial charge is 0.478 e. The average Bonchev–Trinajstić information content (AvgIpc) is 2.35. The van der Waals surface area contributed by atoms with Gasteiger partial charge in [-0.15, -0.1) is 0 Å². The molecule has 7 nitrogen and oxygen atoms in total. The highest BCUT2D eigenvalue weighted by molar-refractivity contribution is 7.89. The van der Waals surface area contributed by atoms with Crippen molar-refractivity contribution in [2.75, 3.05) is 13.2 Å². The van der Waals surface area contributed by atoms with Gasteiger partial charge in [0.2, 0.25) is 10.0 Å². The highest BCUT2D eigenvalue weighted by Crippen LogP contribution is 2.19. The Morgan fingerprint density at radius 3 is 2.37 bits per heavy atom. The normalized spacial score (nSPS) is 11.8. The predicted octanol–water partition coefficient (Wildman–Crippen LogP) is -0.675. The third kappa shape index (κ3) is 3.51. The third-order valence-electron chi connectivity index (χ3n) is 2.57. The second-order valence-corrected chi connectivity index (χ2v) is 5.60. The van der Waals surface area contributed by atoms with Gasteiger partial charge in [0, 0.05) is 0 Å². The number of carboxylic acid groups (broad SMARTS) is 1. The molecule has 0 heterocycles. The van der Waals surface area contributed by atoms with E-state index in [1.165, 1.54) is 25.1 Å². The van der Waals surface area contributed by atoms with Gasteiger partial charge in [0.15, 0.2) is 0 Å². The highest BCUT2D eigenvalue weighted by Gasteiger charge is 2.23. The molecule has 8 heteroatoms. The summed E-state index contributed by atoms with van der Waals surface area (Å²) >= 11 is 0. The summed E-state index contributed by atoms with van der Waals surface area (Å²) in [6.45, 7) is 0.256. The molecule has 0 saturated heterocycles. The first-order chi connectivity index (χ1) is 8.83. The van der Waals surface area contributed by atoms with Crippen LogP contribution in [0.5, 0.6) is 0 Å². The van der Waals surface area contributed by atoms with Crippen LogP contribution in [-0.2, 0) is 10.0 Å². The summed E-state index contributed by atoms with van der Waals surface area (Å²) in [5, 5.41) is 26.7. The summed E-state index contributed by atoms with van der Waals surface area (Å²) in [7, 11) is -4.00. The van der Waals surface area contributed by atoms with Crippen LogP contribution in [0.4, 0.5) is 0 Å². The molecule has 1 aromatic rings. The fourth-order valence-electron chi connectivity index (χ4n) is 1.55. The molecule has 0 spiro atoms. The van der Waals surface area contributed by atoms with Crippen molar-refractivity contribution in [3.05, 3.63) is 29.3 Å². The molecule has 0 unspecified atom stereocenters. The van der Waals surface area contributed by atoms with E-state index in [9.17, 15) is 13.2 Å². The third-order valence-corrected chi connectivity index (χ3v) is 4.23. The van der Waals surface area contributed by atoms with Crippen LogP contribution in [0.1, 0.15) is 15.9 Å². The minimum absolute atomic E-state index is 0.0946. The van der Waals surface area contributed by atoms with Gasteiger partial charge in [0.05, 0.1) is 29.7 Å². The number of carboxylic acids is 1. The summed E-state index contributed by atoms with van der Waals surface area (Å²) < 4.78 is 26.2. The maximum atomic E-state index is 12.0. The van der Waals surface area contributed by atoms with Crippen LogP contribution < -0.4 is 4.72 Å². The standard InChI is InChI=1S/C11H15NO6S/c1-7-9(11(15)16)3-2-4-10(7)19(17,18)12-8(5-13)6-14/h2-4,8,12-14H,5-6H2,1H3,(H,15,16). The van der Waals surface area contributed by atoms with E-state index in [1.54, 1.807) is 0 Å². The molecule has 1 aromatic carbocycles.